The lowest BCUT2D eigenvalue weighted by Gasteiger charge is -2.14. The molecule has 70 valence electrons. The minimum Gasteiger partial charge on any atom is -0.415 e. The SMILES string of the molecule is CC1(C)C=CC=CC(OC(=O)Cl)=C1. The Balaban J connectivity index is 2.85. The van der Waals surface area contributed by atoms with E-state index in [1.807, 2.05) is 32.1 Å². The first-order valence-electron chi connectivity index (χ1n) is 3.96. The Hall–Kier alpha value is -1.02. The highest BCUT2D eigenvalue weighted by atomic mass is 35.5. The van der Waals surface area contributed by atoms with Gasteiger partial charge in [0.2, 0.25) is 0 Å². The van der Waals surface area contributed by atoms with Gasteiger partial charge >= 0.3 is 5.43 Å². The lowest BCUT2D eigenvalue weighted by molar-refractivity contribution is 0.205. The zero-order valence-electron chi connectivity index (χ0n) is 7.58. The maximum atomic E-state index is 10.5. The first-order chi connectivity index (χ1) is 5.99. The van der Waals surface area contributed by atoms with Gasteiger partial charge in [-0.2, -0.15) is 0 Å². The summed E-state index contributed by atoms with van der Waals surface area (Å²) in [6, 6.07) is 0. The standard InChI is InChI=1S/C10H11ClO2/c1-10(2)6-4-3-5-8(7-10)13-9(11)12/h3-7H,1-2H3. The highest BCUT2D eigenvalue weighted by molar-refractivity contribution is 6.61. The molecule has 0 saturated heterocycles. The van der Waals surface area contributed by atoms with E-state index in [1.165, 1.54) is 0 Å². The van der Waals surface area contributed by atoms with Crippen molar-refractivity contribution in [2.24, 2.45) is 5.41 Å². The van der Waals surface area contributed by atoms with Gasteiger partial charge in [0.05, 0.1) is 0 Å². The van der Waals surface area contributed by atoms with Gasteiger partial charge in [0.15, 0.2) is 0 Å². The number of ether oxygens (including phenoxy) is 1. The van der Waals surface area contributed by atoms with Crippen LogP contribution in [-0.4, -0.2) is 5.43 Å². The topological polar surface area (TPSA) is 26.3 Å². The van der Waals surface area contributed by atoms with E-state index in [0.717, 1.165) is 0 Å². The predicted molar refractivity (Wildman–Crippen MR) is 52.5 cm³/mol. The highest BCUT2D eigenvalue weighted by Gasteiger charge is 2.14. The molecule has 0 amide bonds. The summed E-state index contributed by atoms with van der Waals surface area (Å²) in [5.74, 6) is 0.481. The summed E-state index contributed by atoms with van der Waals surface area (Å²) in [4.78, 5) is 10.5. The van der Waals surface area contributed by atoms with E-state index in [2.05, 4.69) is 0 Å². The number of hydrogen-bond acceptors (Lipinski definition) is 2. The molecule has 0 spiro atoms. The number of allylic oxidation sites excluding steroid dienone is 5. The van der Waals surface area contributed by atoms with Gasteiger partial charge in [-0.3, -0.25) is 0 Å². The van der Waals surface area contributed by atoms with Crippen LogP contribution in [0.2, 0.25) is 0 Å². The van der Waals surface area contributed by atoms with Crippen LogP contribution in [0, 0.1) is 5.41 Å². The fourth-order valence-corrected chi connectivity index (χ4v) is 1.16. The van der Waals surface area contributed by atoms with Crippen molar-refractivity contribution in [1.29, 1.82) is 0 Å². The molecule has 0 heterocycles. The molecule has 0 aromatic carbocycles. The summed E-state index contributed by atoms with van der Waals surface area (Å²) < 4.78 is 4.77. The molecular formula is C10H11ClO2. The maximum absolute atomic E-state index is 10.5. The number of rotatable bonds is 1. The van der Waals surface area contributed by atoms with Crippen molar-refractivity contribution in [1.82, 2.24) is 0 Å². The van der Waals surface area contributed by atoms with Crippen molar-refractivity contribution in [2.45, 2.75) is 13.8 Å². The molecule has 2 nitrogen and oxygen atoms in total. The molecule has 0 radical (unpaired) electrons. The van der Waals surface area contributed by atoms with Crippen LogP contribution in [0.3, 0.4) is 0 Å². The van der Waals surface area contributed by atoms with Crippen LogP contribution in [0.4, 0.5) is 4.79 Å². The van der Waals surface area contributed by atoms with E-state index in [0.29, 0.717) is 5.76 Å². The van der Waals surface area contributed by atoms with Crippen LogP contribution in [0.5, 0.6) is 0 Å². The van der Waals surface area contributed by atoms with Crippen molar-refractivity contribution in [3.8, 4) is 0 Å². The average molecular weight is 199 g/mol. The Labute approximate surface area is 82.5 Å². The molecule has 1 aliphatic rings. The quantitative estimate of drug-likeness (QED) is 0.604. The van der Waals surface area contributed by atoms with Crippen molar-refractivity contribution < 1.29 is 9.53 Å². The molecule has 0 atom stereocenters. The molecule has 1 rings (SSSR count). The summed E-state index contributed by atoms with van der Waals surface area (Å²) in [6.45, 7) is 4.02. The summed E-state index contributed by atoms with van der Waals surface area (Å²) in [6.07, 6.45) is 9.27. The van der Waals surface area contributed by atoms with Gasteiger partial charge in [-0.05, 0) is 12.2 Å². The van der Waals surface area contributed by atoms with Gasteiger partial charge in [-0.1, -0.05) is 32.1 Å². The zero-order chi connectivity index (χ0) is 9.90. The predicted octanol–water partition coefficient (Wildman–Crippen LogP) is 3.40. The van der Waals surface area contributed by atoms with E-state index in [4.69, 9.17) is 16.3 Å². The molecule has 0 aromatic rings. The van der Waals surface area contributed by atoms with Crippen LogP contribution < -0.4 is 0 Å². The second-order valence-corrected chi connectivity index (χ2v) is 3.73. The second kappa shape index (κ2) is 3.79. The Morgan fingerprint density at radius 1 is 1.46 bits per heavy atom. The summed E-state index contributed by atoms with van der Waals surface area (Å²) >= 11 is 5.10. The molecule has 0 bridgehead atoms. The van der Waals surface area contributed by atoms with E-state index >= 15 is 0 Å². The molecule has 0 fully saturated rings. The first-order valence-corrected chi connectivity index (χ1v) is 4.33. The van der Waals surface area contributed by atoms with Crippen LogP contribution >= 0.6 is 11.6 Å². The fraction of sp³-hybridized carbons (Fsp3) is 0.300. The van der Waals surface area contributed by atoms with Crippen LogP contribution in [0.1, 0.15) is 13.8 Å². The Morgan fingerprint density at radius 2 is 2.15 bits per heavy atom. The second-order valence-electron chi connectivity index (χ2n) is 3.43. The number of carbonyl (C=O) groups is 1. The first kappa shape index (κ1) is 10.1. The molecule has 0 N–H and O–H groups in total. The van der Waals surface area contributed by atoms with Crippen LogP contribution in [0.25, 0.3) is 0 Å². The van der Waals surface area contributed by atoms with Gasteiger partial charge < -0.3 is 4.74 Å². The fourth-order valence-electron chi connectivity index (χ4n) is 1.07. The van der Waals surface area contributed by atoms with Gasteiger partial charge in [-0.25, -0.2) is 4.79 Å². The molecule has 0 saturated carbocycles. The monoisotopic (exact) mass is 198 g/mol. The number of carbonyl (C=O) groups excluding carboxylic acids is 1. The molecule has 0 aromatic heterocycles. The van der Waals surface area contributed by atoms with Gasteiger partial charge in [0.25, 0.3) is 0 Å². The van der Waals surface area contributed by atoms with Crippen molar-refractivity contribution >= 4 is 17.0 Å². The summed E-state index contributed by atoms with van der Waals surface area (Å²) in [5, 5.41) is 0. The molecule has 3 heteroatoms. The maximum Gasteiger partial charge on any atom is 0.409 e. The molecule has 1 aliphatic carbocycles. The average Bonchev–Trinajstić information content (AvgIpc) is 2.09. The van der Waals surface area contributed by atoms with Crippen LogP contribution in [0.15, 0.2) is 36.1 Å². The van der Waals surface area contributed by atoms with Crippen molar-refractivity contribution in [2.75, 3.05) is 0 Å². The normalized spacial score (nSPS) is 19.2. The smallest absolute Gasteiger partial charge is 0.409 e. The largest absolute Gasteiger partial charge is 0.415 e. The zero-order valence-corrected chi connectivity index (χ0v) is 8.34. The summed E-state index contributed by atoms with van der Waals surface area (Å²) in [7, 11) is 0. The van der Waals surface area contributed by atoms with E-state index < -0.39 is 5.43 Å². The van der Waals surface area contributed by atoms with E-state index in [-0.39, 0.29) is 5.41 Å². The van der Waals surface area contributed by atoms with Crippen molar-refractivity contribution in [3.05, 3.63) is 36.1 Å². The third-order valence-electron chi connectivity index (χ3n) is 1.61. The van der Waals surface area contributed by atoms with Gasteiger partial charge in [0, 0.05) is 17.0 Å². The lowest BCUT2D eigenvalue weighted by Crippen LogP contribution is -2.04. The van der Waals surface area contributed by atoms with Gasteiger partial charge in [0.1, 0.15) is 5.76 Å². The third-order valence-corrected chi connectivity index (χ3v) is 1.69. The minimum atomic E-state index is -0.811. The third kappa shape index (κ3) is 3.47. The molecule has 0 unspecified atom stereocenters. The molecule has 13 heavy (non-hydrogen) atoms. The Kier molecular flexibility index (Phi) is 2.94. The van der Waals surface area contributed by atoms with Crippen molar-refractivity contribution in [3.63, 3.8) is 0 Å². The Bertz CT molecular complexity index is 298. The number of hydrogen-bond donors (Lipinski definition) is 0. The van der Waals surface area contributed by atoms with Gasteiger partial charge in [-0.15, -0.1) is 0 Å². The molecule has 0 aliphatic heterocycles. The van der Waals surface area contributed by atoms with E-state index in [1.54, 1.807) is 12.2 Å². The number of halogens is 1. The Morgan fingerprint density at radius 3 is 2.77 bits per heavy atom. The lowest BCUT2D eigenvalue weighted by atomic mass is 9.93. The highest BCUT2D eigenvalue weighted by Crippen LogP contribution is 2.24. The summed E-state index contributed by atoms with van der Waals surface area (Å²) in [5.41, 5.74) is -0.931. The molecular weight excluding hydrogens is 188 g/mol. The minimum absolute atomic E-state index is 0.120. The van der Waals surface area contributed by atoms with E-state index in [9.17, 15) is 4.79 Å². The van der Waals surface area contributed by atoms with Crippen LogP contribution in [-0.2, 0) is 4.74 Å².